The van der Waals surface area contributed by atoms with Crippen molar-refractivity contribution in [3.8, 4) is 0 Å². The van der Waals surface area contributed by atoms with Crippen LogP contribution in [0, 0.1) is 13.8 Å². The molecule has 0 saturated carbocycles. The van der Waals surface area contributed by atoms with E-state index in [1.165, 1.54) is 15.1 Å². The lowest BCUT2D eigenvalue weighted by Crippen LogP contribution is -2.49. The minimum Gasteiger partial charge on any atom is -0.360 e. The summed E-state index contributed by atoms with van der Waals surface area (Å²) in [5.74, 6) is 0.563. The standard InChI is InChI=1S/C18H20ClN5O4S/c1-12-16-13(2)28-21-17(16)18(25)24(20-12)11-22-7-9-23(10-8-22)29(26,27)15-6-4-3-5-14(15)19/h3-6H,7-11H2,1-2H3. The maximum absolute atomic E-state index is 12.9. The lowest BCUT2D eigenvalue weighted by Gasteiger charge is -2.33. The average Bonchev–Trinajstić information content (AvgIpc) is 3.09. The lowest BCUT2D eigenvalue weighted by atomic mass is 10.2. The molecule has 0 N–H and O–H groups in total. The molecular formula is C18H20ClN5O4S. The summed E-state index contributed by atoms with van der Waals surface area (Å²) in [6.45, 7) is 5.32. The predicted molar refractivity (Wildman–Crippen MR) is 107 cm³/mol. The van der Waals surface area contributed by atoms with Crippen molar-refractivity contribution >= 4 is 32.5 Å². The van der Waals surface area contributed by atoms with Gasteiger partial charge in [0.2, 0.25) is 10.0 Å². The predicted octanol–water partition coefficient (Wildman–Crippen LogP) is 1.62. The first-order chi connectivity index (χ1) is 13.8. The zero-order valence-electron chi connectivity index (χ0n) is 16.0. The number of aryl methyl sites for hydroxylation is 2. The van der Waals surface area contributed by atoms with Crippen molar-refractivity contribution < 1.29 is 12.9 Å². The van der Waals surface area contributed by atoms with E-state index in [2.05, 4.69) is 10.3 Å². The van der Waals surface area contributed by atoms with E-state index in [9.17, 15) is 13.2 Å². The fourth-order valence-electron chi connectivity index (χ4n) is 3.53. The van der Waals surface area contributed by atoms with Crippen LogP contribution in [0.3, 0.4) is 0 Å². The highest BCUT2D eigenvalue weighted by Gasteiger charge is 2.30. The molecule has 1 aliphatic heterocycles. The number of hydrogen-bond acceptors (Lipinski definition) is 7. The number of hydrogen-bond donors (Lipinski definition) is 0. The Labute approximate surface area is 172 Å². The first kappa shape index (κ1) is 20.0. The zero-order valence-corrected chi connectivity index (χ0v) is 17.6. The van der Waals surface area contributed by atoms with Crippen LogP contribution < -0.4 is 5.56 Å². The summed E-state index contributed by atoms with van der Waals surface area (Å²) in [5.41, 5.74) is 0.599. The molecule has 3 aromatic rings. The van der Waals surface area contributed by atoms with Gasteiger partial charge in [-0.1, -0.05) is 28.9 Å². The Balaban J connectivity index is 1.50. The Morgan fingerprint density at radius 1 is 1.14 bits per heavy atom. The van der Waals surface area contributed by atoms with Crippen LogP contribution in [0.1, 0.15) is 11.5 Å². The molecule has 0 spiro atoms. The molecule has 154 valence electrons. The molecule has 29 heavy (non-hydrogen) atoms. The van der Waals surface area contributed by atoms with E-state index in [4.69, 9.17) is 16.1 Å². The van der Waals surface area contributed by atoms with E-state index in [-0.39, 0.29) is 27.7 Å². The number of piperazine rings is 1. The fourth-order valence-corrected chi connectivity index (χ4v) is 5.45. The van der Waals surface area contributed by atoms with Gasteiger partial charge < -0.3 is 4.52 Å². The Hall–Kier alpha value is -2.27. The number of fused-ring (bicyclic) bond motifs is 1. The molecule has 0 bridgehead atoms. The van der Waals surface area contributed by atoms with E-state index in [0.29, 0.717) is 43.0 Å². The molecule has 4 rings (SSSR count). The summed E-state index contributed by atoms with van der Waals surface area (Å²) in [7, 11) is -3.66. The SMILES string of the molecule is Cc1nn(CN2CCN(S(=O)(=O)c3ccccc3Cl)CC2)c(=O)c2noc(C)c12. The summed E-state index contributed by atoms with van der Waals surface area (Å²) in [4.78, 5) is 14.7. The Morgan fingerprint density at radius 2 is 1.83 bits per heavy atom. The van der Waals surface area contributed by atoms with Gasteiger partial charge >= 0.3 is 0 Å². The molecule has 3 heterocycles. The average molecular weight is 438 g/mol. The molecule has 1 fully saturated rings. The summed E-state index contributed by atoms with van der Waals surface area (Å²) >= 11 is 6.07. The van der Waals surface area contributed by atoms with Gasteiger partial charge in [0.25, 0.3) is 5.56 Å². The van der Waals surface area contributed by atoms with Crippen LogP contribution in [0.25, 0.3) is 10.9 Å². The van der Waals surface area contributed by atoms with E-state index in [0.717, 1.165) is 0 Å². The first-order valence-electron chi connectivity index (χ1n) is 9.10. The molecule has 11 heteroatoms. The third-order valence-electron chi connectivity index (χ3n) is 5.05. The first-order valence-corrected chi connectivity index (χ1v) is 10.9. The monoisotopic (exact) mass is 437 g/mol. The molecule has 0 aliphatic carbocycles. The molecule has 0 radical (unpaired) electrons. The van der Waals surface area contributed by atoms with E-state index >= 15 is 0 Å². The zero-order chi connectivity index (χ0) is 20.8. The molecule has 0 amide bonds. The number of nitrogens with zero attached hydrogens (tertiary/aromatic N) is 5. The molecule has 2 aromatic heterocycles. The molecule has 0 atom stereocenters. The van der Waals surface area contributed by atoms with Gasteiger partial charge in [-0.25, -0.2) is 13.1 Å². The van der Waals surface area contributed by atoms with Crippen LogP contribution in [-0.4, -0.2) is 58.7 Å². The largest absolute Gasteiger partial charge is 0.360 e. The van der Waals surface area contributed by atoms with Crippen molar-refractivity contribution in [1.29, 1.82) is 0 Å². The van der Waals surface area contributed by atoms with Crippen LogP contribution in [-0.2, 0) is 16.7 Å². The van der Waals surface area contributed by atoms with Crippen molar-refractivity contribution in [3.05, 3.63) is 51.1 Å². The van der Waals surface area contributed by atoms with E-state index < -0.39 is 10.0 Å². The van der Waals surface area contributed by atoms with Crippen LogP contribution in [0.15, 0.2) is 38.5 Å². The van der Waals surface area contributed by atoms with Crippen molar-refractivity contribution in [3.63, 3.8) is 0 Å². The number of sulfonamides is 1. The maximum Gasteiger partial charge on any atom is 0.298 e. The second-order valence-electron chi connectivity index (χ2n) is 6.95. The van der Waals surface area contributed by atoms with Crippen molar-refractivity contribution in [2.45, 2.75) is 25.4 Å². The van der Waals surface area contributed by atoms with Crippen LogP contribution in [0.2, 0.25) is 5.02 Å². The highest BCUT2D eigenvalue weighted by molar-refractivity contribution is 7.89. The maximum atomic E-state index is 12.9. The molecule has 1 aromatic carbocycles. The summed E-state index contributed by atoms with van der Waals surface area (Å²) in [6, 6.07) is 6.41. The number of benzene rings is 1. The minimum absolute atomic E-state index is 0.107. The molecular weight excluding hydrogens is 418 g/mol. The van der Waals surface area contributed by atoms with Gasteiger partial charge in [0.1, 0.15) is 10.7 Å². The molecule has 1 aliphatic rings. The van der Waals surface area contributed by atoms with Gasteiger partial charge in [0, 0.05) is 26.2 Å². The quantitative estimate of drug-likeness (QED) is 0.611. The Bertz CT molecular complexity index is 1230. The van der Waals surface area contributed by atoms with Crippen molar-refractivity contribution in [2.75, 3.05) is 26.2 Å². The highest BCUT2D eigenvalue weighted by atomic mass is 35.5. The van der Waals surface area contributed by atoms with Crippen molar-refractivity contribution in [1.82, 2.24) is 24.1 Å². The van der Waals surface area contributed by atoms with E-state index in [1.54, 1.807) is 32.0 Å². The van der Waals surface area contributed by atoms with Gasteiger partial charge in [-0.15, -0.1) is 0 Å². The topological polar surface area (TPSA) is 102 Å². The van der Waals surface area contributed by atoms with Gasteiger partial charge in [0.05, 0.1) is 22.8 Å². The van der Waals surface area contributed by atoms with Gasteiger partial charge in [-0.2, -0.15) is 9.40 Å². The van der Waals surface area contributed by atoms with Crippen LogP contribution >= 0.6 is 11.6 Å². The second kappa shape index (κ2) is 7.52. The molecule has 9 nitrogen and oxygen atoms in total. The number of rotatable bonds is 4. The third-order valence-corrected chi connectivity index (χ3v) is 7.45. The van der Waals surface area contributed by atoms with Crippen LogP contribution in [0.5, 0.6) is 0 Å². The smallest absolute Gasteiger partial charge is 0.298 e. The van der Waals surface area contributed by atoms with E-state index in [1.807, 2.05) is 4.90 Å². The minimum atomic E-state index is -3.66. The molecule has 0 unspecified atom stereocenters. The van der Waals surface area contributed by atoms with Crippen molar-refractivity contribution in [2.24, 2.45) is 0 Å². The third kappa shape index (κ3) is 3.57. The Kier molecular flexibility index (Phi) is 5.19. The summed E-state index contributed by atoms with van der Waals surface area (Å²) in [6.07, 6.45) is 0. The van der Waals surface area contributed by atoms with Gasteiger partial charge in [-0.05, 0) is 26.0 Å². The Morgan fingerprint density at radius 3 is 2.52 bits per heavy atom. The highest BCUT2D eigenvalue weighted by Crippen LogP contribution is 2.25. The number of aromatic nitrogens is 3. The summed E-state index contributed by atoms with van der Waals surface area (Å²) in [5, 5.41) is 9.07. The lowest BCUT2D eigenvalue weighted by molar-refractivity contribution is 0.143. The van der Waals surface area contributed by atoms with Gasteiger partial charge in [0.15, 0.2) is 5.52 Å². The normalized spacial score (nSPS) is 16.5. The summed E-state index contributed by atoms with van der Waals surface area (Å²) < 4.78 is 33.6. The second-order valence-corrected chi connectivity index (χ2v) is 9.26. The number of halogens is 1. The molecule has 1 saturated heterocycles. The van der Waals surface area contributed by atoms with Crippen LogP contribution in [0.4, 0.5) is 0 Å². The fraction of sp³-hybridized carbons (Fsp3) is 0.389. The van der Waals surface area contributed by atoms with Gasteiger partial charge in [-0.3, -0.25) is 9.69 Å².